The first-order valence-electron chi connectivity index (χ1n) is 4.40. The molecular weight excluding hydrogens is 264 g/mol. The van der Waals surface area contributed by atoms with Crippen molar-refractivity contribution in [1.29, 1.82) is 0 Å². The lowest BCUT2D eigenvalue weighted by Gasteiger charge is -2.16. The Kier molecular flexibility index (Phi) is 4.53. The third kappa shape index (κ3) is 2.92. The summed E-state index contributed by atoms with van der Waals surface area (Å²) in [5.74, 6) is 0.643. The standard InChI is InChI=1S/C10H13BrO4/c1-15-9-3-2-6(4-7(9)11)10(14)8(13)5-12/h2-4,8,10,12-14H,5H2,1H3. The van der Waals surface area contributed by atoms with Crippen LogP contribution >= 0.6 is 15.9 Å². The van der Waals surface area contributed by atoms with Gasteiger partial charge >= 0.3 is 0 Å². The summed E-state index contributed by atoms with van der Waals surface area (Å²) < 4.78 is 5.71. The number of ether oxygens (including phenoxy) is 1. The van der Waals surface area contributed by atoms with E-state index in [9.17, 15) is 10.2 Å². The van der Waals surface area contributed by atoms with E-state index in [1.165, 1.54) is 0 Å². The van der Waals surface area contributed by atoms with Crippen molar-refractivity contribution in [2.45, 2.75) is 12.2 Å². The van der Waals surface area contributed by atoms with Crippen molar-refractivity contribution >= 4 is 15.9 Å². The highest BCUT2D eigenvalue weighted by molar-refractivity contribution is 9.10. The number of aliphatic hydroxyl groups is 3. The molecule has 2 unspecified atom stereocenters. The van der Waals surface area contributed by atoms with Crippen LogP contribution in [0.4, 0.5) is 0 Å². The van der Waals surface area contributed by atoms with Crippen molar-refractivity contribution < 1.29 is 20.1 Å². The van der Waals surface area contributed by atoms with E-state index in [1.807, 2.05) is 0 Å². The van der Waals surface area contributed by atoms with Gasteiger partial charge in [-0.3, -0.25) is 0 Å². The molecule has 0 aromatic heterocycles. The number of halogens is 1. The van der Waals surface area contributed by atoms with Crippen LogP contribution in [0.2, 0.25) is 0 Å². The molecule has 15 heavy (non-hydrogen) atoms. The normalized spacial score (nSPS) is 14.7. The van der Waals surface area contributed by atoms with Gasteiger partial charge in [-0.05, 0) is 33.6 Å². The molecular formula is C10H13BrO4. The largest absolute Gasteiger partial charge is 0.496 e. The average Bonchev–Trinajstić information content (AvgIpc) is 2.26. The van der Waals surface area contributed by atoms with E-state index in [-0.39, 0.29) is 0 Å². The highest BCUT2D eigenvalue weighted by atomic mass is 79.9. The van der Waals surface area contributed by atoms with Crippen molar-refractivity contribution in [2.24, 2.45) is 0 Å². The minimum absolute atomic E-state index is 0.481. The van der Waals surface area contributed by atoms with Crippen molar-refractivity contribution in [3.8, 4) is 5.75 Å². The molecule has 0 aliphatic heterocycles. The van der Waals surface area contributed by atoms with Crippen molar-refractivity contribution in [1.82, 2.24) is 0 Å². The van der Waals surface area contributed by atoms with Crippen molar-refractivity contribution in [3.63, 3.8) is 0 Å². The number of methoxy groups -OCH3 is 1. The van der Waals surface area contributed by atoms with Crippen LogP contribution < -0.4 is 4.74 Å². The minimum Gasteiger partial charge on any atom is -0.496 e. The number of hydrogen-bond acceptors (Lipinski definition) is 4. The summed E-state index contributed by atoms with van der Waals surface area (Å²) in [6.07, 6.45) is -2.28. The van der Waals surface area contributed by atoms with Crippen molar-refractivity contribution in [3.05, 3.63) is 28.2 Å². The fourth-order valence-corrected chi connectivity index (χ4v) is 1.75. The third-order valence-corrected chi connectivity index (χ3v) is 2.69. The van der Waals surface area contributed by atoms with Crippen LogP contribution in [-0.2, 0) is 0 Å². The molecule has 0 fully saturated rings. The van der Waals surface area contributed by atoms with Gasteiger partial charge in [-0.15, -0.1) is 0 Å². The summed E-state index contributed by atoms with van der Waals surface area (Å²) in [4.78, 5) is 0. The van der Waals surface area contributed by atoms with Crippen LogP contribution in [-0.4, -0.2) is 35.1 Å². The van der Waals surface area contributed by atoms with Crippen LogP contribution in [0.25, 0.3) is 0 Å². The summed E-state index contributed by atoms with van der Waals surface area (Å²) in [5, 5.41) is 27.5. The number of hydrogen-bond donors (Lipinski definition) is 3. The summed E-state index contributed by atoms with van der Waals surface area (Å²) in [6, 6.07) is 4.95. The zero-order chi connectivity index (χ0) is 11.4. The SMILES string of the molecule is COc1ccc(C(O)C(O)CO)cc1Br. The van der Waals surface area contributed by atoms with Gasteiger partial charge in [0, 0.05) is 0 Å². The fraction of sp³-hybridized carbons (Fsp3) is 0.400. The van der Waals surface area contributed by atoms with E-state index in [0.717, 1.165) is 0 Å². The maximum Gasteiger partial charge on any atom is 0.133 e. The molecule has 1 aromatic carbocycles. The molecule has 2 atom stereocenters. The van der Waals surface area contributed by atoms with Gasteiger partial charge in [-0.1, -0.05) is 6.07 Å². The molecule has 4 nitrogen and oxygen atoms in total. The van der Waals surface area contributed by atoms with Crippen LogP contribution in [0.5, 0.6) is 5.75 Å². The van der Waals surface area contributed by atoms with Crippen molar-refractivity contribution in [2.75, 3.05) is 13.7 Å². The van der Waals surface area contributed by atoms with Crippen LogP contribution in [0.15, 0.2) is 22.7 Å². The molecule has 0 saturated heterocycles. The Morgan fingerprint density at radius 2 is 2.07 bits per heavy atom. The Morgan fingerprint density at radius 1 is 1.40 bits per heavy atom. The fourth-order valence-electron chi connectivity index (χ4n) is 1.19. The minimum atomic E-state index is -1.18. The quantitative estimate of drug-likeness (QED) is 0.763. The first-order valence-corrected chi connectivity index (χ1v) is 5.20. The van der Waals surface area contributed by atoms with E-state index in [1.54, 1.807) is 25.3 Å². The van der Waals surface area contributed by atoms with E-state index < -0.39 is 18.8 Å². The van der Waals surface area contributed by atoms with E-state index in [2.05, 4.69) is 15.9 Å². The summed E-state index contributed by atoms with van der Waals surface area (Å²) in [6.45, 7) is -0.481. The van der Waals surface area contributed by atoms with Gasteiger partial charge in [0.2, 0.25) is 0 Å². The van der Waals surface area contributed by atoms with Gasteiger partial charge in [0.25, 0.3) is 0 Å². The third-order valence-electron chi connectivity index (χ3n) is 2.07. The molecule has 0 spiro atoms. The molecule has 5 heteroatoms. The zero-order valence-corrected chi connectivity index (χ0v) is 9.81. The summed E-state index contributed by atoms with van der Waals surface area (Å²) in [7, 11) is 1.54. The summed E-state index contributed by atoms with van der Waals surface area (Å²) in [5.41, 5.74) is 0.518. The highest BCUT2D eigenvalue weighted by Crippen LogP contribution is 2.28. The number of rotatable bonds is 4. The lowest BCUT2D eigenvalue weighted by Crippen LogP contribution is -2.21. The average molecular weight is 277 g/mol. The monoisotopic (exact) mass is 276 g/mol. The Morgan fingerprint density at radius 3 is 2.53 bits per heavy atom. The maximum absolute atomic E-state index is 9.61. The Labute approximate surface area is 96.3 Å². The molecule has 1 aromatic rings. The van der Waals surface area contributed by atoms with E-state index >= 15 is 0 Å². The molecule has 1 rings (SSSR count). The molecule has 0 bridgehead atoms. The molecule has 0 amide bonds. The molecule has 0 heterocycles. The smallest absolute Gasteiger partial charge is 0.133 e. The first kappa shape index (κ1) is 12.4. The Bertz CT molecular complexity index is 329. The second-order valence-electron chi connectivity index (χ2n) is 3.09. The van der Waals surface area contributed by atoms with Gasteiger partial charge < -0.3 is 20.1 Å². The second kappa shape index (κ2) is 5.46. The zero-order valence-electron chi connectivity index (χ0n) is 8.22. The molecule has 0 radical (unpaired) electrons. The van der Waals surface area contributed by atoms with Gasteiger partial charge in [0.15, 0.2) is 0 Å². The highest BCUT2D eigenvalue weighted by Gasteiger charge is 2.18. The number of benzene rings is 1. The first-order chi connectivity index (χ1) is 7.10. The molecule has 0 aliphatic rings. The Balaban J connectivity index is 2.92. The molecule has 0 aliphatic carbocycles. The van der Waals surface area contributed by atoms with Crippen LogP contribution in [0.3, 0.4) is 0 Å². The predicted octanol–water partition coefficient (Wildman–Crippen LogP) is 0.844. The molecule has 84 valence electrons. The maximum atomic E-state index is 9.61. The molecule has 0 saturated carbocycles. The lowest BCUT2D eigenvalue weighted by molar-refractivity contribution is -0.0153. The predicted molar refractivity (Wildman–Crippen MR) is 58.7 cm³/mol. The van der Waals surface area contributed by atoms with Gasteiger partial charge in [0.1, 0.15) is 18.0 Å². The van der Waals surface area contributed by atoms with Gasteiger partial charge in [-0.25, -0.2) is 0 Å². The van der Waals surface area contributed by atoms with E-state index in [4.69, 9.17) is 9.84 Å². The molecule has 3 N–H and O–H groups in total. The second-order valence-corrected chi connectivity index (χ2v) is 3.94. The van der Waals surface area contributed by atoms with Gasteiger partial charge in [-0.2, -0.15) is 0 Å². The van der Waals surface area contributed by atoms with E-state index in [0.29, 0.717) is 15.8 Å². The van der Waals surface area contributed by atoms with Gasteiger partial charge in [0.05, 0.1) is 18.2 Å². The van der Waals surface area contributed by atoms with Crippen LogP contribution in [0.1, 0.15) is 11.7 Å². The Hall–Kier alpha value is -0.620. The summed E-state index contributed by atoms with van der Waals surface area (Å²) >= 11 is 3.27. The topological polar surface area (TPSA) is 69.9 Å². The van der Waals surface area contributed by atoms with Crippen LogP contribution in [0, 0.1) is 0 Å². The lowest BCUT2D eigenvalue weighted by atomic mass is 10.1. The number of aliphatic hydroxyl groups excluding tert-OH is 3.